The summed E-state index contributed by atoms with van der Waals surface area (Å²) in [5.41, 5.74) is 6.44. The summed E-state index contributed by atoms with van der Waals surface area (Å²) >= 11 is 0. The SMILES string of the molecule is CCCC1C(=O)NCCN1c1ccc(C(=O)N2CCC(N)C2)cn1. The topological polar surface area (TPSA) is 91.6 Å². The van der Waals surface area contributed by atoms with E-state index < -0.39 is 0 Å². The number of nitrogens with two attached hydrogens (primary N) is 1. The molecular weight excluding hydrogens is 306 g/mol. The molecule has 2 aliphatic heterocycles. The van der Waals surface area contributed by atoms with Crippen LogP contribution < -0.4 is 16.0 Å². The molecule has 7 heteroatoms. The lowest BCUT2D eigenvalue weighted by molar-refractivity contribution is -0.123. The first-order chi connectivity index (χ1) is 11.6. The highest BCUT2D eigenvalue weighted by molar-refractivity contribution is 5.94. The van der Waals surface area contributed by atoms with Gasteiger partial charge in [0.25, 0.3) is 5.91 Å². The van der Waals surface area contributed by atoms with Gasteiger partial charge in [0.2, 0.25) is 5.91 Å². The number of nitrogens with one attached hydrogen (secondary N) is 1. The summed E-state index contributed by atoms with van der Waals surface area (Å²) in [6.07, 6.45) is 4.18. The van der Waals surface area contributed by atoms with Crippen molar-refractivity contribution in [1.82, 2.24) is 15.2 Å². The molecule has 2 fully saturated rings. The number of hydrogen-bond acceptors (Lipinski definition) is 5. The van der Waals surface area contributed by atoms with Crippen LogP contribution >= 0.6 is 0 Å². The van der Waals surface area contributed by atoms with Crippen LogP contribution in [0, 0.1) is 0 Å². The Morgan fingerprint density at radius 2 is 2.25 bits per heavy atom. The van der Waals surface area contributed by atoms with Crippen LogP contribution in [0.4, 0.5) is 5.82 Å². The minimum absolute atomic E-state index is 0.0245. The van der Waals surface area contributed by atoms with E-state index in [2.05, 4.69) is 17.2 Å². The van der Waals surface area contributed by atoms with Crippen LogP contribution in [0.5, 0.6) is 0 Å². The molecule has 24 heavy (non-hydrogen) atoms. The van der Waals surface area contributed by atoms with Crippen molar-refractivity contribution in [2.75, 3.05) is 31.1 Å². The van der Waals surface area contributed by atoms with Gasteiger partial charge >= 0.3 is 0 Å². The van der Waals surface area contributed by atoms with Crippen LogP contribution in [-0.2, 0) is 4.79 Å². The van der Waals surface area contributed by atoms with Gasteiger partial charge < -0.3 is 20.9 Å². The molecule has 0 saturated carbocycles. The number of nitrogens with zero attached hydrogens (tertiary/aromatic N) is 3. The highest BCUT2D eigenvalue weighted by atomic mass is 16.2. The predicted molar refractivity (Wildman–Crippen MR) is 91.8 cm³/mol. The molecule has 2 atom stereocenters. The summed E-state index contributed by atoms with van der Waals surface area (Å²) in [6, 6.07) is 3.52. The number of anilines is 1. The number of hydrogen-bond donors (Lipinski definition) is 2. The fourth-order valence-corrected chi connectivity index (χ4v) is 3.39. The Bertz CT molecular complexity index is 604. The second-order valence-corrected chi connectivity index (χ2v) is 6.49. The molecule has 7 nitrogen and oxygen atoms in total. The van der Waals surface area contributed by atoms with E-state index in [1.54, 1.807) is 17.2 Å². The van der Waals surface area contributed by atoms with E-state index in [9.17, 15) is 9.59 Å². The van der Waals surface area contributed by atoms with Crippen molar-refractivity contribution in [3.63, 3.8) is 0 Å². The average molecular weight is 331 g/mol. The van der Waals surface area contributed by atoms with Crippen LogP contribution in [0.1, 0.15) is 36.5 Å². The van der Waals surface area contributed by atoms with Crippen molar-refractivity contribution in [3.05, 3.63) is 23.9 Å². The van der Waals surface area contributed by atoms with Gasteiger partial charge in [-0.05, 0) is 25.0 Å². The second kappa shape index (κ2) is 7.17. The van der Waals surface area contributed by atoms with Gasteiger partial charge in [-0.15, -0.1) is 0 Å². The number of piperazine rings is 1. The lowest BCUT2D eigenvalue weighted by Gasteiger charge is -2.35. The molecule has 3 heterocycles. The minimum atomic E-state index is -0.186. The fraction of sp³-hybridized carbons (Fsp3) is 0.588. The zero-order chi connectivity index (χ0) is 17.1. The van der Waals surface area contributed by atoms with Gasteiger partial charge in [-0.2, -0.15) is 0 Å². The standard InChI is InChI=1S/C17H25N5O2/c1-2-3-14-16(23)19-7-9-22(14)15-5-4-12(10-20-15)17(24)21-8-6-13(18)11-21/h4-5,10,13-14H,2-3,6-9,11,18H2,1H3,(H,19,23). The number of likely N-dealkylation sites (tertiary alicyclic amines) is 1. The highest BCUT2D eigenvalue weighted by Gasteiger charge is 2.30. The number of carbonyl (C=O) groups is 2. The van der Waals surface area contributed by atoms with Crippen molar-refractivity contribution < 1.29 is 9.59 Å². The summed E-state index contributed by atoms with van der Waals surface area (Å²) in [7, 11) is 0. The van der Waals surface area contributed by atoms with Gasteiger partial charge in [0.15, 0.2) is 0 Å². The number of rotatable bonds is 4. The van der Waals surface area contributed by atoms with Crippen molar-refractivity contribution in [2.45, 2.75) is 38.3 Å². The van der Waals surface area contributed by atoms with E-state index in [1.807, 2.05) is 11.0 Å². The number of carbonyl (C=O) groups excluding carboxylic acids is 2. The molecule has 0 spiro atoms. The maximum absolute atomic E-state index is 12.5. The molecule has 2 aliphatic rings. The van der Waals surface area contributed by atoms with Crippen LogP contribution in [-0.4, -0.2) is 60.0 Å². The largest absolute Gasteiger partial charge is 0.353 e. The highest BCUT2D eigenvalue weighted by Crippen LogP contribution is 2.20. The summed E-state index contributed by atoms with van der Waals surface area (Å²) in [5.74, 6) is 0.776. The smallest absolute Gasteiger partial charge is 0.255 e. The van der Waals surface area contributed by atoms with Gasteiger partial charge in [-0.3, -0.25) is 9.59 Å². The molecule has 0 radical (unpaired) electrons. The van der Waals surface area contributed by atoms with Crippen molar-refractivity contribution in [2.24, 2.45) is 5.73 Å². The molecule has 2 saturated heterocycles. The van der Waals surface area contributed by atoms with Crippen molar-refractivity contribution in [3.8, 4) is 0 Å². The molecular formula is C17H25N5O2. The second-order valence-electron chi connectivity index (χ2n) is 6.49. The molecule has 2 amide bonds. The zero-order valence-electron chi connectivity index (χ0n) is 14.1. The van der Waals surface area contributed by atoms with Gasteiger partial charge in [-0.25, -0.2) is 4.98 Å². The van der Waals surface area contributed by atoms with Crippen molar-refractivity contribution >= 4 is 17.6 Å². The molecule has 0 bridgehead atoms. The maximum Gasteiger partial charge on any atom is 0.255 e. The van der Waals surface area contributed by atoms with Gasteiger partial charge in [0.05, 0.1) is 5.56 Å². The van der Waals surface area contributed by atoms with E-state index in [4.69, 9.17) is 5.73 Å². The Labute approximate surface area is 142 Å². The van der Waals surface area contributed by atoms with Gasteiger partial charge in [-0.1, -0.05) is 13.3 Å². The number of pyridine rings is 1. The van der Waals surface area contributed by atoms with Crippen LogP contribution in [0.2, 0.25) is 0 Å². The Morgan fingerprint density at radius 1 is 1.42 bits per heavy atom. The maximum atomic E-state index is 12.5. The summed E-state index contributed by atoms with van der Waals surface area (Å²) in [4.78, 5) is 32.8. The lowest BCUT2D eigenvalue weighted by Crippen LogP contribution is -2.55. The summed E-state index contributed by atoms with van der Waals surface area (Å²) in [6.45, 7) is 4.72. The van der Waals surface area contributed by atoms with E-state index in [1.165, 1.54) is 0 Å². The molecule has 1 aromatic rings. The lowest BCUT2D eigenvalue weighted by atomic mass is 10.1. The molecule has 0 aromatic carbocycles. The van der Waals surface area contributed by atoms with E-state index in [0.717, 1.165) is 31.6 Å². The third kappa shape index (κ3) is 3.36. The van der Waals surface area contributed by atoms with Crippen molar-refractivity contribution in [1.29, 1.82) is 0 Å². The predicted octanol–water partition coefficient (Wildman–Crippen LogP) is 0.360. The Morgan fingerprint density at radius 3 is 2.88 bits per heavy atom. The first kappa shape index (κ1) is 16.7. The monoisotopic (exact) mass is 331 g/mol. The quantitative estimate of drug-likeness (QED) is 0.831. The molecule has 2 unspecified atom stereocenters. The third-order valence-electron chi connectivity index (χ3n) is 4.69. The first-order valence-electron chi connectivity index (χ1n) is 8.65. The summed E-state index contributed by atoms with van der Waals surface area (Å²) < 4.78 is 0. The van der Waals surface area contributed by atoms with E-state index >= 15 is 0 Å². The van der Waals surface area contributed by atoms with Gasteiger partial charge in [0, 0.05) is 38.4 Å². The summed E-state index contributed by atoms with van der Waals surface area (Å²) in [5, 5.41) is 2.91. The third-order valence-corrected chi connectivity index (χ3v) is 4.69. The normalized spacial score (nSPS) is 24.2. The fourth-order valence-electron chi connectivity index (χ4n) is 3.39. The molecule has 0 aliphatic carbocycles. The van der Waals surface area contributed by atoms with E-state index in [-0.39, 0.29) is 23.9 Å². The van der Waals surface area contributed by atoms with Crippen LogP contribution in [0.25, 0.3) is 0 Å². The first-order valence-corrected chi connectivity index (χ1v) is 8.65. The van der Waals surface area contributed by atoms with Crippen LogP contribution in [0.3, 0.4) is 0 Å². The number of aromatic nitrogens is 1. The minimum Gasteiger partial charge on any atom is -0.353 e. The average Bonchev–Trinajstić information content (AvgIpc) is 3.03. The molecule has 3 N–H and O–H groups in total. The Hall–Kier alpha value is -2.15. The zero-order valence-corrected chi connectivity index (χ0v) is 14.1. The Balaban J connectivity index is 1.73. The van der Waals surface area contributed by atoms with Gasteiger partial charge in [0.1, 0.15) is 11.9 Å². The molecule has 1 aromatic heterocycles. The Kier molecular flexibility index (Phi) is 4.99. The van der Waals surface area contributed by atoms with Crippen LogP contribution in [0.15, 0.2) is 18.3 Å². The molecule has 130 valence electrons. The number of amides is 2. The van der Waals surface area contributed by atoms with E-state index in [0.29, 0.717) is 25.2 Å². The molecule has 3 rings (SSSR count).